The lowest BCUT2D eigenvalue weighted by molar-refractivity contribution is 0.0592. The summed E-state index contributed by atoms with van der Waals surface area (Å²) in [6.07, 6.45) is 2.61. The molecule has 6 heteroatoms. The molecule has 96 valence electrons. The summed E-state index contributed by atoms with van der Waals surface area (Å²) in [6.45, 7) is 4.62. The van der Waals surface area contributed by atoms with Gasteiger partial charge in [-0.05, 0) is 19.9 Å². The highest BCUT2D eigenvalue weighted by molar-refractivity contribution is 5.88. The van der Waals surface area contributed by atoms with Crippen molar-refractivity contribution in [2.45, 2.75) is 39.2 Å². The van der Waals surface area contributed by atoms with Crippen molar-refractivity contribution < 1.29 is 9.53 Å². The molecule has 0 aliphatic rings. The summed E-state index contributed by atoms with van der Waals surface area (Å²) in [5.41, 5.74) is 6.59. The number of rotatable bonds is 6. The lowest BCUT2D eigenvalue weighted by Crippen LogP contribution is -2.16. The van der Waals surface area contributed by atoms with Crippen LogP contribution in [0.4, 0.5) is 0 Å². The monoisotopic (exact) mass is 240 g/mol. The van der Waals surface area contributed by atoms with Gasteiger partial charge in [0.05, 0.1) is 18.8 Å². The number of aromatic nitrogens is 3. The number of esters is 1. The van der Waals surface area contributed by atoms with E-state index < -0.39 is 5.97 Å². The summed E-state index contributed by atoms with van der Waals surface area (Å²) < 4.78 is 6.46. The minimum atomic E-state index is -0.455. The summed E-state index contributed by atoms with van der Waals surface area (Å²) in [6, 6.07) is 0.215. The van der Waals surface area contributed by atoms with Crippen molar-refractivity contribution in [1.29, 1.82) is 0 Å². The normalized spacial score (nSPS) is 12.5. The van der Waals surface area contributed by atoms with E-state index in [4.69, 9.17) is 5.73 Å². The molecule has 0 saturated heterocycles. The summed E-state index contributed by atoms with van der Waals surface area (Å²) in [4.78, 5) is 11.5. The number of nitrogens with two attached hydrogens (primary N) is 1. The van der Waals surface area contributed by atoms with Gasteiger partial charge in [-0.1, -0.05) is 18.6 Å². The molecule has 0 aromatic carbocycles. The standard InChI is InChI=1S/C11H20N4O2/c1-4-5-8(2)15-9(6-7-12)10(13-14-15)11(16)17-3/h8H,4-7,12H2,1-3H3. The number of hydrogen-bond donors (Lipinski definition) is 1. The first-order valence-electron chi connectivity index (χ1n) is 5.88. The molecular formula is C11H20N4O2. The van der Waals surface area contributed by atoms with E-state index in [-0.39, 0.29) is 11.7 Å². The minimum absolute atomic E-state index is 0.215. The van der Waals surface area contributed by atoms with E-state index in [2.05, 4.69) is 28.9 Å². The molecule has 1 unspecified atom stereocenters. The Labute approximate surface area is 101 Å². The van der Waals surface area contributed by atoms with Crippen molar-refractivity contribution in [1.82, 2.24) is 15.0 Å². The van der Waals surface area contributed by atoms with E-state index in [1.807, 2.05) is 0 Å². The second-order valence-electron chi connectivity index (χ2n) is 4.00. The third-order valence-electron chi connectivity index (χ3n) is 2.67. The van der Waals surface area contributed by atoms with Crippen molar-refractivity contribution in [2.24, 2.45) is 5.73 Å². The smallest absolute Gasteiger partial charge is 0.360 e. The van der Waals surface area contributed by atoms with E-state index in [1.54, 1.807) is 4.68 Å². The molecule has 0 radical (unpaired) electrons. The van der Waals surface area contributed by atoms with Crippen LogP contribution in [0, 0.1) is 0 Å². The van der Waals surface area contributed by atoms with Gasteiger partial charge in [-0.25, -0.2) is 9.48 Å². The van der Waals surface area contributed by atoms with Crippen LogP contribution in [0.15, 0.2) is 0 Å². The maximum absolute atomic E-state index is 11.5. The Morgan fingerprint density at radius 2 is 2.29 bits per heavy atom. The van der Waals surface area contributed by atoms with E-state index in [1.165, 1.54) is 7.11 Å². The van der Waals surface area contributed by atoms with Crippen molar-refractivity contribution in [2.75, 3.05) is 13.7 Å². The van der Waals surface area contributed by atoms with Crippen LogP contribution in [0.1, 0.15) is 48.9 Å². The molecule has 17 heavy (non-hydrogen) atoms. The molecule has 2 N–H and O–H groups in total. The molecule has 1 aromatic heterocycles. The topological polar surface area (TPSA) is 83.0 Å². The number of methoxy groups -OCH3 is 1. The highest BCUT2D eigenvalue weighted by Gasteiger charge is 2.21. The third-order valence-corrected chi connectivity index (χ3v) is 2.67. The van der Waals surface area contributed by atoms with E-state index in [0.29, 0.717) is 13.0 Å². The van der Waals surface area contributed by atoms with Crippen LogP contribution in [0.5, 0.6) is 0 Å². The Morgan fingerprint density at radius 3 is 2.82 bits per heavy atom. The fourth-order valence-electron chi connectivity index (χ4n) is 1.83. The lowest BCUT2D eigenvalue weighted by atomic mass is 10.1. The lowest BCUT2D eigenvalue weighted by Gasteiger charge is -2.13. The summed E-state index contributed by atoms with van der Waals surface area (Å²) in [5, 5.41) is 7.92. The van der Waals surface area contributed by atoms with Gasteiger partial charge in [-0.3, -0.25) is 0 Å². The van der Waals surface area contributed by atoms with Gasteiger partial charge in [0.15, 0.2) is 5.69 Å². The molecule has 1 heterocycles. The Bertz CT molecular complexity index is 376. The quantitative estimate of drug-likeness (QED) is 0.748. The molecule has 1 rings (SSSR count). The van der Waals surface area contributed by atoms with Crippen molar-refractivity contribution >= 4 is 5.97 Å². The van der Waals surface area contributed by atoms with Gasteiger partial charge < -0.3 is 10.5 Å². The fraction of sp³-hybridized carbons (Fsp3) is 0.727. The van der Waals surface area contributed by atoms with Crippen molar-refractivity contribution in [3.05, 3.63) is 11.4 Å². The van der Waals surface area contributed by atoms with Gasteiger partial charge in [0.2, 0.25) is 0 Å². The first-order chi connectivity index (χ1) is 8.15. The average Bonchev–Trinajstić information content (AvgIpc) is 2.73. The largest absolute Gasteiger partial charge is 0.464 e. The Balaban J connectivity index is 3.05. The van der Waals surface area contributed by atoms with Crippen molar-refractivity contribution in [3.63, 3.8) is 0 Å². The minimum Gasteiger partial charge on any atom is -0.464 e. The van der Waals surface area contributed by atoms with Gasteiger partial charge in [-0.2, -0.15) is 0 Å². The predicted octanol–water partition coefficient (Wildman–Crippen LogP) is 0.927. The Morgan fingerprint density at radius 1 is 1.59 bits per heavy atom. The van der Waals surface area contributed by atoms with Gasteiger partial charge >= 0.3 is 5.97 Å². The third kappa shape index (κ3) is 3.03. The molecular weight excluding hydrogens is 220 g/mol. The maximum atomic E-state index is 11.5. The molecule has 0 spiro atoms. The second kappa shape index (κ2) is 6.34. The molecule has 1 aromatic rings. The van der Waals surface area contributed by atoms with Crippen molar-refractivity contribution in [3.8, 4) is 0 Å². The SMILES string of the molecule is CCCC(C)n1nnc(C(=O)OC)c1CCN. The van der Waals surface area contributed by atoms with E-state index in [0.717, 1.165) is 18.5 Å². The summed E-state index contributed by atoms with van der Waals surface area (Å²) in [5.74, 6) is -0.455. The fourth-order valence-corrected chi connectivity index (χ4v) is 1.83. The average molecular weight is 240 g/mol. The second-order valence-corrected chi connectivity index (χ2v) is 4.00. The van der Waals surface area contributed by atoms with Crippen LogP contribution in [0.2, 0.25) is 0 Å². The van der Waals surface area contributed by atoms with Crippen LogP contribution in [0.3, 0.4) is 0 Å². The molecule has 6 nitrogen and oxygen atoms in total. The molecule has 0 amide bonds. The number of hydrogen-bond acceptors (Lipinski definition) is 5. The van der Waals surface area contributed by atoms with Crippen LogP contribution in [-0.2, 0) is 11.2 Å². The zero-order chi connectivity index (χ0) is 12.8. The molecule has 1 atom stereocenters. The first kappa shape index (κ1) is 13.6. The van der Waals surface area contributed by atoms with Crippen LogP contribution < -0.4 is 5.73 Å². The summed E-state index contributed by atoms with van der Waals surface area (Å²) in [7, 11) is 1.34. The van der Waals surface area contributed by atoms with Crippen LogP contribution in [-0.4, -0.2) is 34.6 Å². The summed E-state index contributed by atoms with van der Waals surface area (Å²) >= 11 is 0. The number of carbonyl (C=O) groups excluding carboxylic acids is 1. The first-order valence-corrected chi connectivity index (χ1v) is 5.88. The number of ether oxygens (including phenoxy) is 1. The maximum Gasteiger partial charge on any atom is 0.360 e. The van der Waals surface area contributed by atoms with Gasteiger partial charge in [0.1, 0.15) is 0 Å². The predicted molar refractivity (Wildman–Crippen MR) is 63.7 cm³/mol. The number of nitrogens with zero attached hydrogens (tertiary/aromatic N) is 3. The van der Waals surface area contributed by atoms with Gasteiger partial charge in [-0.15, -0.1) is 5.10 Å². The van der Waals surface area contributed by atoms with Gasteiger partial charge in [0, 0.05) is 6.42 Å². The van der Waals surface area contributed by atoms with Gasteiger partial charge in [0.25, 0.3) is 0 Å². The molecule has 0 bridgehead atoms. The zero-order valence-electron chi connectivity index (χ0n) is 10.6. The Kier molecular flexibility index (Phi) is 5.09. The molecule has 0 saturated carbocycles. The molecule has 0 aliphatic carbocycles. The highest BCUT2D eigenvalue weighted by Crippen LogP contribution is 2.17. The van der Waals surface area contributed by atoms with Crippen LogP contribution >= 0.6 is 0 Å². The molecule has 0 aliphatic heterocycles. The Hall–Kier alpha value is -1.43. The molecule has 0 fully saturated rings. The zero-order valence-corrected chi connectivity index (χ0v) is 10.6. The van der Waals surface area contributed by atoms with E-state index in [9.17, 15) is 4.79 Å². The van der Waals surface area contributed by atoms with Crippen LogP contribution in [0.25, 0.3) is 0 Å². The highest BCUT2D eigenvalue weighted by atomic mass is 16.5. The number of carbonyl (C=O) groups is 1. The van der Waals surface area contributed by atoms with E-state index >= 15 is 0 Å².